The minimum absolute atomic E-state index is 0.0172. The van der Waals surface area contributed by atoms with Gasteiger partial charge in [-0.05, 0) is 31.6 Å². The molecule has 3 aliphatic rings. The van der Waals surface area contributed by atoms with Gasteiger partial charge in [0.1, 0.15) is 0 Å². The SMILES string of the molecule is OC1CCC2CN(C3CCCCC3)CC12. The second-order valence-electron chi connectivity index (χ2n) is 5.81. The van der Waals surface area contributed by atoms with Crippen molar-refractivity contribution in [1.29, 1.82) is 0 Å². The van der Waals surface area contributed by atoms with E-state index in [4.69, 9.17) is 0 Å². The molecule has 0 spiro atoms. The van der Waals surface area contributed by atoms with Crippen molar-refractivity contribution in [3.05, 3.63) is 0 Å². The summed E-state index contributed by atoms with van der Waals surface area (Å²) >= 11 is 0. The van der Waals surface area contributed by atoms with Gasteiger partial charge in [-0.3, -0.25) is 4.90 Å². The van der Waals surface area contributed by atoms with Gasteiger partial charge >= 0.3 is 0 Å². The van der Waals surface area contributed by atoms with Crippen LogP contribution in [0.5, 0.6) is 0 Å². The first kappa shape index (κ1) is 10.1. The van der Waals surface area contributed by atoms with Crippen LogP contribution in [0, 0.1) is 11.8 Å². The second kappa shape index (κ2) is 4.06. The molecule has 3 fully saturated rings. The molecule has 1 heterocycles. The second-order valence-corrected chi connectivity index (χ2v) is 5.81. The van der Waals surface area contributed by atoms with Crippen LogP contribution in [0.4, 0.5) is 0 Å². The Bertz CT molecular complexity index is 225. The number of nitrogens with zero attached hydrogens (tertiary/aromatic N) is 1. The molecular weight excluding hydrogens is 186 g/mol. The Morgan fingerprint density at radius 3 is 2.40 bits per heavy atom. The van der Waals surface area contributed by atoms with Crippen LogP contribution < -0.4 is 0 Å². The number of aliphatic hydroxyl groups is 1. The molecule has 3 rings (SSSR count). The van der Waals surface area contributed by atoms with Crippen molar-refractivity contribution in [2.45, 2.75) is 57.1 Å². The van der Waals surface area contributed by atoms with Gasteiger partial charge in [-0.1, -0.05) is 19.3 Å². The quantitative estimate of drug-likeness (QED) is 0.714. The van der Waals surface area contributed by atoms with Crippen molar-refractivity contribution in [2.75, 3.05) is 13.1 Å². The van der Waals surface area contributed by atoms with Gasteiger partial charge in [-0.15, -0.1) is 0 Å². The molecular formula is C13H23NO. The van der Waals surface area contributed by atoms with Crippen molar-refractivity contribution in [3.8, 4) is 0 Å². The normalized spacial score (nSPS) is 43.4. The first-order valence-electron chi connectivity index (χ1n) is 6.77. The maximum Gasteiger partial charge on any atom is 0.0583 e. The molecule has 0 radical (unpaired) electrons. The van der Waals surface area contributed by atoms with Gasteiger partial charge in [0, 0.05) is 25.0 Å². The van der Waals surface area contributed by atoms with Gasteiger partial charge < -0.3 is 5.11 Å². The highest BCUT2D eigenvalue weighted by molar-refractivity contribution is 4.95. The highest BCUT2D eigenvalue weighted by Crippen LogP contribution is 2.40. The summed E-state index contributed by atoms with van der Waals surface area (Å²) in [5.74, 6) is 1.44. The topological polar surface area (TPSA) is 23.5 Å². The molecule has 1 N–H and O–H groups in total. The third-order valence-electron chi connectivity index (χ3n) is 4.94. The molecule has 0 bridgehead atoms. The van der Waals surface area contributed by atoms with E-state index in [2.05, 4.69) is 4.90 Å². The fourth-order valence-corrected chi connectivity index (χ4v) is 4.02. The van der Waals surface area contributed by atoms with Gasteiger partial charge in [0.2, 0.25) is 0 Å². The lowest BCUT2D eigenvalue weighted by Crippen LogP contribution is -2.36. The van der Waals surface area contributed by atoms with Gasteiger partial charge in [-0.25, -0.2) is 0 Å². The van der Waals surface area contributed by atoms with Crippen LogP contribution in [-0.2, 0) is 0 Å². The van der Waals surface area contributed by atoms with Crippen molar-refractivity contribution >= 4 is 0 Å². The highest BCUT2D eigenvalue weighted by Gasteiger charge is 2.43. The number of fused-ring (bicyclic) bond motifs is 1. The fraction of sp³-hybridized carbons (Fsp3) is 1.00. The molecule has 0 aromatic carbocycles. The molecule has 2 aliphatic carbocycles. The lowest BCUT2D eigenvalue weighted by Gasteiger charge is -2.31. The van der Waals surface area contributed by atoms with Crippen LogP contribution in [0.25, 0.3) is 0 Å². The summed E-state index contributed by atoms with van der Waals surface area (Å²) in [7, 11) is 0. The van der Waals surface area contributed by atoms with Gasteiger partial charge in [0.15, 0.2) is 0 Å². The third kappa shape index (κ3) is 1.83. The molecule has 1 aliphatic heterocycles. The maximum absolute atomic E-state index is 9.89. The van der Waals surface area contributed by atoms with Gasteiger partial charge in [0.25, 0.3) is 0 Å². The predicted octanol–water partition coefficient (Wildman–Crippen LogP) is 2.02. The Hall–Kier alpha value is -0.0800. The van der Waals surface area contributed by atoms with Crippen LogP contribution in [0.1, 0.15) is 44.9 Å². The highest BCUT2D eigenvalue weighted by atomic mass is 16.3. The van der Waals surface area contributed by atoms with Crippen molar-refractivity contribution < 1.29 is 5.11 Å². The molecule has 1 saturated heterocycles. The average Bonchev–Trinajstić information content (AvgIpc) is 2.83. The zero-order valence-electron chi connectivity index (χ0n) is 9.57. The first-order chi connectivity index (χ1) is 7.34. The maximum atomic E-state index is 9.89. The number of rotatable bonds is 1. The van der Waals surface area contributed by atoms with E-state index in [0.717, 1.165) is 18.4 Å². The van der Waals surface area contributed by atoms with Crippen LogP contribution in [0.15, 0.2) is 0 Å². The number of hydrogen-bond donors (Lipinski definition) is 1. The van der Waals surface area contributed by atoms with Crippen molar-refractivity contribution in [2.24, 2.45) is 11.8 Å². The van der Waals surface area contributed by atoms with Crippen LogP contribution in [0.2, 0.25) is 0 Å². The molecule has 2 saturated carbocycles. The number of hydrogen-bond acceptors (Lipinski definition) is 2. The summed E-state index contributed by atoms with van der Waals surface area (Å²) in [6.45, 7) is 2.48. The molecule has 0 aromatic heterocycles. The minimum atomic E-state index is 0.0172. The predicted molar refractivity (Wildman–Crippen MR) is 60.7 cm³/mol. The van der Waals surface area contributed by atoms with E-state index in [0.29, 0.717) is 5.92 Å². The summed E-state index contributed by atoms with van der Waals surface area (Å²) < 4.78 is 0. The van der Waals surface area contributed by atoms with E-state index in [1.165, 1.54) is 51.6 Å². The Labute approximate surface area is 92.7 Å². The van der Waals surface area contributed by atoms with Crippen LogP contribution >= 0.6 is 0 Å². The smallest absolute Gasteiger partial charge is 0.0583 e. The van der Waals surface area contributed by atoms with Crippen LogP contribution in [-0.4, -0.2) is 35.2 Å². The van der Waals surface area contributed by atoms with Gasteiger partial charge in [0.05, 0.1) is 6.10 Å². The lowest BCUT2D eigenvalue weighted by atomic mass is 9.94. The van der Waals surface area contributed by atoms with E-state index in [1.807, 2.05) is 0 Å². The number of likely N-dealkylation sites (tertiary alicyclic amines) is 1. The zero-order valence-corrected chi connectivity index (χ0v) is 9.57. The summed E-state index contributed by atoms with van der Waals surface area (Å²) in [6.07, 6.45) is 9.48. The fourth-order valence-electron chi connectivity index (χ4n) is 4.02. The Kier molecular flexibility index (Phi) is 2.73. The summed E-state index contributed by atoms with van der Waals surface area (Å²) in [6, 6.07) is 0.858. The Morgan fingerprint density at radius 2 is 1.67 bits per heavy atom. The monoisotopic (exact) mass is 209 g/mol. The summed E-state index contributed by atoms with van der Waals surface area (Å²) in [5, 5.41) is 9.89. The van der Waals surface area contributed by atoms with E-state index in [-0.39, 0.29) is 6.10 Å². The van der Waals surface area contributed by atoms with Crippen molar-refractivity contribution in [3.63, 3.8) is 0 Å². The lowest BCUT2D eigenvalue weighted by molar-refractivity contribution is 0.112. The molecule has 86 valence electrons. The molecule has 3 unspecified atom stereocenters. The van der Waals surface area contributed by atoms with Crippen LogP contribution in [0.3, 0.4) is 0 Å². The molecule has 15 heavy (non-hydrogen) atoms. The summed E-state index contributed by atoms with van der Waals surface area (Å²) in [5.41, 5.74) is 0. The van der Waals surface area contributed by atoms with Gasteiger partial charge in [-0.2, -0.15) is 0 Å². The minimum Gasteiger partial charge on any atom is -0.393 e. The molecule has 0 amide bonds. The van der Waals surface area contributed by atoms with E-state index in [9.17, 15) is 5.11 Å². The molecule has 2 nitrogen and oxygen atoms in total. The van der Waals surface area contributed by atoms with E-state index < -0.39 is 0 Å². The number of aliphatic hydroxyl groups excluding tert-OH is 1. The standard InChI is InChI=1S/C13H23NO/c15-13-7-6-10-8-14(9-12(10)13)11-4-2-1-3-5-11/h10-13,15H,1-9H2. The Morgan fingerprint density at radius 1 is 0.867 bits per heavy atom. The van der Waals surface area contributed by atoms with Crippen molar-refractivity contribution in [1.82, 2.24) is 4.90 Å². The Balaban J connectivity index is 1.61. The molecule has 3 atom stereocenters. The van der Waals surface area contributed by atoms with E-state index >= 15 is 0 Å². The largest absolute Gasteiger partial charge is 0.393 e. The first-order valence-corrected chi connectivity index (χ1v) is 6.77. The zero-order chi connectivity index (χ0) is 10.3. The third-order valence-corrected chi connectivity index (χ3v) is 4.94. The molecule has 2 heteroatoms. The van der Waals surface area contributed by atoms with E-state index in [1.54, 1.807) is 0 Å². The molecule has 0 aromatic rings. The average molecular weight is 209 g/mol. The summed E-state index contributed by atoms with van der Waals surface area (Å²) in [4.78, 5) is 2.69.